The Labute approximate surface area is 176 Å². The average molecular weight is 411 g/mol. The Bertz CT molecular complexity index is 910. The van der Waals surface area contributed by atoms with E-state index in [0.29, 0.717) is 23.8 Å². The zero-order valence-electron chi connectivity index (χ0n) is 17.1. The topological polar surface area (TPSA) is 51.1 Å². The molecule has 3 rings (SSSR count). The fraction of sp³-hybridized carbons (Fsp3) is 0.304. The number of para-hydroxylation sites is 1. The molecule has 0 bridgehead atoms. The van der Waals surface area contributed by atoms with Crippen molar-refractivity contribution in [2.45, 2.75) is 26.7 Å². The molecule has 29 heavy (non-hydrogen) atoms. The first kappa shape index (κ1) is 21.0. The molecule has 5 nitrogen and oxygen atoms in total. The molecule has 1 aliphatic rings. The first-order valence-corrected chi connectivity index (χ1v) is 10.8. The van der Waals surface area contributed by atoms with Crippen LogP contribution in [-0.2, 0) is 4.79 Å². The molecule has 0 saturated heterocycles. The predicted molar refractivity (Wildman–Crippen MR) is 121 cm³/mol. The molecule has 1 amide bonds. The fourth-order valence-electron chi connectivity index (χ4n) is 2.91. The highest BCUT2D eigenvalue weighted by Crippen LogP contribution is 2.32. The van der Waals surface area contributed by atoms with E-state index in [4.69, 9.17) is 9.47 Å². The minimum absolute atomic E-state index is 0.122. The van der Waals surface area contributed by atoms with Gasteiger partial charge in [0, 0.05) is 5.75 Å². The van der Waals surface area contributed by atoms with Gasteiger partial charge in [0.25, 0.3) is 5.91 Å². The van der Waals surface area contributed by atoms with Gasteiger partial charge in [-0.05, 0) is 49.2 Å². The zero-order chi connectivity index (χ0) is 20.6. The van der Waals surface area contributed by atoms with Crippen LogP contribution in [0.15, 0.2) is 59.2 Å². The van der Waals surface area contributed by atoms with Crippen molar-refractivity contribution < 1.29 is 14.3 Å². The summed E-state index contributed by atoms with van der Waals surface area (Å²) in [5.41, 5.74) is 2.08. The number of amidine groups is 1. The van der Waals surface area contributed by atoms with Crippen molar-refractivity contribution in [1.82, 2.24) is 0 Å². The molecule has 0 atom stereocenters. The van der Waals surface area contributed by atoms with Gasteiger partial charge in [0.1, 0.15) is 5.70 Å². The van der Waals surface area contributed by atoms with Gasteiger partial charge in [-0.2, -0.15) is 0 Å². The van der Waals surface area contributed by atoms with E-state index >= 15 is 0 Å². The van der Waals surface area contributed by atoms with Crippen molar-refractivity contribution in [3.8, 4) is 11.5 Å². The highest BCUT2D eigenvalue weighted by molar-refractivity contribution is 8.14. The molecular weight excluding hydrogens is 384 g/mol. The molecule has 2 aromatic carbocycles. The molecule has 0 N–H and O–H groups in total. The van der Waals surface area contributed by atoms with Crippen molar-refractivity contribution in [2.75, 3.05) is 24.4 Å². The van der Waals surface area contributed by atoms with Crippen LogP contribution in [0.1, 0.15) is 32.3 Å². The molecular formula is C23H26N2O3S. The van der Waals surface area contributed by atoms with E-state index in [1.807, 2.05) is 55.5 Å². The van der Waals surface area contributed by atoms with Crippen molar-refractivity contribution >= 4 is 34.6 Å². The summed E-state index contributed by atoms with van der Waals surface area (Å²) in [6, 6.07) is 15.3. The fourth-order valence-corrected chi connectivity index (χ4v) is 4.01. The van der Waals surface area contributed by atoms with E-state index < -0.39 is 0 Å². The lowest BCUT2D eigenvalue weighted by atomic mass is 10.1. The molecule has 0 fully saturated rings. The number of ether oxygens (including phenoxy) is 2. The second kappa shape index (κ2) is 10.2. The molecule has 6 heteroatoms. The number of aliphatic imine (C=N–C) groups is 1. The van der Waals surface area contributed by atoms with E-state index in [1.54, 1.807) is 29.8 Å². The van der Waals surface area contributed by atoms with Gasteiger partial charge in [0.15, 0.2) is 16.7 Å². The summed E-state index contributed by atoms with van der Waals surface area (Å²) in [6.07, 6.45) is 3.98. The van der Waals surface area contributed by atoms with Crippen LogP contribution in [0.5, 0.6) is 11.5 Å². The number of benzene rings is 2. The standard InChI is InChI=1S/C23H26N2O3S/c1-4-6-14-29-23-24-19(22(26)25(23)18-10-8-7-9-11-18)15-17-12-13-20(28-5-2)21(16-17)27-3/h7-13,15-16H,4-6,14H2,1-3H3/b19-15+. The number of methoxy groups -OCH3 is 1. The van der Waals surface area contributed by atoms with Gasteiger partial charge in [0.2, 0.25) is 0 Å². The van der Waals surface area contributed by atoms with Crippen molar-refractivity contribution in [2.24, 2.45) is 4.99 Å². The number of carbonyl (C=O) groups is 1. The number of rotatable bonds is 8. The van der Waals surface area contributed by atoms with Crippen LogP contribution in [-0.4, -0.2) is 30.5 Å². The third-order valence-electron chi connectivity index (χ3n) is 4.36. The van der Waals surface area contributed by atoms with Gasteiger partial charge in [-0.25, -0.2) is 4.99 Å². The summed E-state index contributed by atoms with van der Waals surface area (Å²) < 4.78 is 11.0. The molecule has 152 valence electrons. The maximum Gasteiger partial charge on any atom is 0.283 e. The smallest absolute Gasteiger partial charge is 0.283 e. The maximum atomic E-state index is 13.2. The number of hydrogen-bond donors (Lipinski definition) is 0. The summed E-state index contributed by atoms with van der Waals surface area (Å²) >= 11 is 1.62. The Morgan fingerprint density at radius 1 is 1.10 bits per heavy atom. The normalized spacial score (nSPS) is 15.0. The van der Waals surface area contributed by atoms with E-state index in [2.05, 4.69) is 11.9 Å². The lowest BCUT2D eigenvalue weighted by molar-refractivity contribution is -0.113. The van der Waals surface area contributed by atoms with Crippen LogP contribution >= 0.6 is 11.8 Å². The first-order valence-electron chi connectivity index (χ1n) is 9.81. The zero-order valence-corrected chi connectivity index (χ0v) is 17.9. The maximum absolute atomic E-state index is 13.2. The molecule has 2 aromatic rings. The summed E-state index contributed by atoms with van der Waals surface area (Å²) in [7, 11) is 1.60. The summed E-state index contributed by atoms with van der Waals surface area (Å²) in [4.78, 5) is 19.5. The molecule has 0 unspecified atom stereocenters. The van der Waals surface area contributed by atoms with Crippen molar-refractivity contribution in [1.29, 1.82) is 0 Å². The number of amides is 1. The van der Waals surface area contributed by atoms with Gasteiger partial charge in [0.05, 0.1) is 19.4 Å². The Morgan fingerprint density at radius 2 is 1.90 bits per heavy atom. The Balaban J connectivity index is 1.93. The molecule has 0 spiro atoms. The summed E-state index contributed by atoms with van der Waals surface area (Å²) in [5.74, 6) is 2.12. The number of carbonyl (C=O) groups excluding carboxylic acids is 1. The lowest BCUT2D eigenvalue weighted by Gasteiger charge is -2.17. The highest BCUT2D eigenvalue weighted by Gasteiger charge is 2.31. The van der Waals surface area contributed by atoms with E-state index in [0.717, 1.165) is 35.0 Å². The number of anilines is 1. The number of nitrogens with zero attached hydrogens (tertiary/aromatic N) is 2. The van der Waals surface area contributed by atoms with Gasteiger partial charge >= 0.3 is 0 Å². The Kier molecular flexibility index (Phi) is 7.36. The number of hydrogen-bond acceptors (Lipinski definition) is 5. The largest absolute Gasteiger partial charge is 0.493 e. The predicted octanol–water partition coefficient (Wildman–Crippen LogP) is 5.37. The van der Waals surface area contributed by atoms with Crippen LogP contribution in [0.25, 0.3) is 6.08 Å². The van der Waals surface area contributed by atoms with Crippen LogP contribution < -0.4 is 14.4 Å². The van der Waals surface area contributed by atoms with E-state index in [1.165, 1.54) is 0 Å². The van der Waals surface area contributed by atoms with Crippen LogP contribution in [0.4, 0.5) is 5.69 Å². The number of unbranched alkanes of at least 4 members (excludes halogenated alkanes) is 1. The second-order valence-corrected chi connectivity index (χ2v) is 7.51. The van der Waals surface area contributed by atoms with E-state index in [-0.39, 0.29) is 5.91 Å². The SMILES string of the molecule is CCCCSC1=N/C(=C/c2ccc(OCC)c(OC)c2)C(=O)N1c1ccccc1. The van der Waals surface area contributed by atoms with Gasteiger partial charge in [-0.1, -0.05) is 49.4 Å². The molecule has 0 aliphatic carbocycles. The summed E-state index contributed by atoms with van der Waals surface area (Å²) in [6.45, 7) is 4.64. The van der Waals surface area contributed by atoms with Gasteiger partial charge in [-0.3, -0.25) is 9.69 Å². The summed E-state index contributed by atoms with van der Waals surface area (Å²) in [5, 5.41) is 0.721. The minimum Gasteiger partial charge on any atom is -0.493 e. The van der Waals surface area contributed by atoms with Crippen LogP contribution in [0.3, 0.4) is 0 Å². The second-order valence-electron chi connectivity index (χ2n) is 6.45. The van der Waals surface area contributed by atoms with Crippen molar-refractivity contribution in [3.05, 3.63) is 59.8 Å². The highest BCUT2D eigenvalue weighted by atomic mass is 32.2. The van der Waals surface area contributed by atoms with E-state index in [9.17, 15) is 4.79 Å². The van der Waals surface area contributed by atoms with Crippen LogP contribution in [0, 0.1) is 0 Å². The Hall–Kier alpha value is -2.73. The molecule has 1 aliphatic heterocycles. The molecule has 1 heterocycles. The third kappa shape index (κ3) is 5.01. The van der Waals surface area contributed by atoms with Gasteiger partial charge in [-0.15, -0.1) is 0 Å². The molecule has 0 radical (unpaired) electrons. The van der Waals surface area contributed by atoms with Crippen molar-refractivity contribution in [3.63, 3.8) is 0 Å². The average Bonchev–Trinajstić information content (AvgIpc) is 3.05. The minimum atomic E-state index is -0.122. The first-order chi connectivity index (χ1) is 14.2. The van der Waals surface area contributed by atoms with Crippen LogP contribution in [0.2, 0.25) is 0 Å². The molecule has 0 aromatic heterocycles. The third-order valence-corrected chi connectivity index (χ3v) is 5.39. The van der Waals surface area contributed by atoms with Gasteiger partial charge < -0.3 is 9.47 Å². The quantitative estimate of drug-likeness (QED) is 0.434. The Morgan fingerprint density at radius 3 is 2.59 bits per heavy atom. The monoisotopic (exact) mass is 410 g/mol. The lowest BCUT2D eigenvalue weighted by Crippen LogP contribution is -2.30. The molecule has 0 saturated carbocycles. The number of thioether (sulfide) groups is 1.